The van der Waals surface area contributed by atoms with Gasteiger partial charge in [-0.05, 0) is 6.42 Å². The molecule has 1 aliphatic rings. The third-order valence-corrected chi connectivity index (χ3v) is 3.43. The number of hydrogen-bond acceptors (Lipinski definition) is 10. The first kappa shape index (κ1) is 22.8. The van der Waals surface area contributed by atoms with Crippen molar-refractivity contribution in [3.05, 3.63) is 0 Å². The molecule has 5 atom stereocenters. The monoisotopic (exact) mass is 390 g/mol. The highest BCUT2D eigenvalue weighted by Gasteiger charge is 2.52. The van der Waals surface area contributed by atoms with E-state index < -0.39 is 54.6 Å². The van der Waals surface area contributed by atoms with Crippen LogP contribution in [0.25, 0.3) is 0 Å². The lowest BCUT2D eigenvalue weighted by Gasteiger charge is -2.44. The van der Waals surface area contributed by atoms with E-state index in [4.69, 9.17) is 28.4 Å². The van der Waals surface area contributed by atoms with Gasteiger partial charge < -0.3 is 28.4 Å². The van der Waals surface area contributed by atoms with Crippen LogP contribution in [0.1, 0.15) is 41.0 Å². The highest BCUT2D eigenvalue weighted by atomic mass is 16.7. The normalized spacial score (nSPS) is 27.4. The molecule has 0 radical (unpaired) electrons. The van der Waals surface area contributed by atoms with Crippen LogP contribution in [0.4, 0.5) is 0 Å². The maximum absolute atomic E-state index is 11.6. The lowest BCUT2D eigenvalue weighted by atomic mass is 9.98. The van der Waals surface area contributed by atoms with Crippen LogP contribution in [0.3, 0.4) is 0 Å². The van der Waals surface area contributed by atoms with Crippen LogP contribution in [-0.4, -0.2) is 67.8 Å². The van der Waals surface area contributed by atoms with Gasteiger partial charge >= 0.3 is 23.9 Å². The summed E-state index contributed by atoms with van der Waals surface area (Å²) in [4.78, 5) is 45.8. The van der Waals surface area contributed by atoms with E-state index in [1.54, 1.807) is 0 Å². The predicted octanol–water partition coefficient (Wildman–Crippen LogP) is 0.496. The Morgan fingerprint density at radius 2 is 1.30 bits per heavy atom. The van der Waals surface area contributed by atoms with E-state index in [2.05, 4.69) is 0 Å². The minimum absolute atomic E-state index is 0.272. The van der Waals surface area contributed by atoms with Gasteiger partial charge in [0.1, 0.15) is 12.7 Å². The molecule has 27 heavy (non-hydrogen) atoms. The van der Waals surface area contributed by atoms with Gasteiger partial charge in [0.15, 0.2) is 24.6 Å². The van der Waals surface area contributed by atoms with E-state index in [1.807, 2.05) is 6.92 Å². The summed E-state index contributed by atoms with van der Waals surface area (Å²) in [5, 5.41) is 0. The highest BCUT2D eigenvalue weighted by Crippen LogP contribution is 2.30. The van der Waals surface area contributed by atoms with E-state index in [1.165, 1.54) is 13.8 Å². The summed E-state index contributed by atoms with van der Waals surface area (Å²) in [6.45, 7) is 6.57. The van der Waals surface area contributed by atoms with Gasteiger partial charge in [0.25, 0.3) is 0 Å². The first-order valence-electron chi connectivity index (χ1n) is 8.57. The average molecular weight is 390 g/mol. The second-order valence-corrected chi connectivity index (χ2v) is 5.94. The number of carbonyl (C=O) groups is 4. The second-order valence-electron chi connectivity index (χ2n) is 5.94. The molecule has 0 spiro atoms. The summed E-state index contributed by atoms with van der Waals surface area (Å²) >= 11 is 0. The molecule has 1 fully saturated rings. The Hall–Kier alpha value is -2.20. The zero-order valence-electron chi connectivity index (χ0n) is 16.1. The molecule has 154 valence electrons. The van der Waals surface area contributed by atoms with Crippen LogP contribution in [0, 0.1) is 0 Å². The van der Waals surface area contributed by atoms with Gasteiger partial charge in [0.2, 0.25) is 0 Å². The van der Waals surface area contributed by atoms with Crippen molar-refractivity contribution >= 4 is 23.9 Å². The fourth-order valence-corrected chi connectivity index (χ4v) is 2.56. The predicted molar refractivity (Wildman–Crippen MR) is 88.2 cm³/mol. The van der Waals surface area contributed by atoms with Crippen molar-refractivity contribution in [2.45, 2.75) is 71.7 Å². The molecule has 5 unspecified atom stereocenters. The summed E-state index contributed by atoms with van der Waals surface area (Å²) in [5.41, 5.74) is 0. The smallest absolute Gasteiger partial charge is 0.303 e. The third-order valence-electron chi connectivity index (χ3n) is 3.43. The largest absolute Gasteiger partial charge is 0.463 e. The third kappa shape index (κ3) is 7.51. The van der Waals surface area contributed by atoms with Gasteiger partial charge in [0, 0.05) is 34.3 Å². The minimum Gasteiger partial charge on any atom is -0.463 e. The standard InChI is InChI=1S/C17H26O10/c1-6-7-22-17-16(26-12(5)21)15(25-11(4)20)14(24-10(3)19)13(27-17)8-23-9(2)18/h13-17H,6-8H2,1-5H3. The summed E-state index contributed by atoms with van der Waals surface area (Å²) in [6, 6.07) is 0. The van der Waals surface area contributed by atoms with Gasteiger partial charge in [-0.1, -0.05) is 6.92 Å². The molecule has 0 bridgehead atoms. The molecule has 10 nitrogen and oxygen atoms in total. The van der Waals surface area contributed by atoms with Crippen LogP contribution in [0.5, 0.6) is 0 Å². The summed E-state index contributed by atoms with van der Waals surface area (Å²) in [6.07, 6.45) is -4.99. The van der Waals surface area contributed by atoms with E-state index in [9.17, 15) is 19.2 Å². The molecule has 0 aliphatic carbocycles. The van der Waals surface area contributed by atoms with E-state index in [-0.39, 0.29) is 13.2 Å². The molecule has 0 aromatic carbocycles. The molecule has 0 N–H and O–H groups in total. The molecule has 1 rings (SSSR count). The highest BCUT2D eigenvalue weighted by molar-refractivity contribution is 5.68. The number of esters is 4. The SMILES string of the molecule is CCCOC1OC(COC(C)=O)C(OC(C)=O)C(OC(C)=O)C1OC(C)=O. The lowest BCUT2D eigenvalue weighted by molar-refractivity contribution is -0.308. The fourth-order valence-electron chi connectivity index (χ4n) is 2.56. The van der Waals surface area contributed by atoms with Crippen LogP contribution in [-0.2, 0) is 47.6 Å². The van der Waals surface area contributed by atoms with Gasteiger partial charge in [-0.2, -0.15) is 0 Å². The van der Waals surface area contributed by atoms with Crippen molar-refractivity contribution in [3.8, 4) is 0 Å². The summed E-state index contributed by atoms with van der Waals surface area (Å²) in [7, 11) is 0. The number of hydrogen-bond donors (Lipinski definition) is 0. The zero-order valence-corrected chi connectivity index (χ0v) is 16.1. The topological polar surface area (TPSA) is 124 Å². The zero-order chi connectivity index (χ0) is 20.6. The molecule has 0 amide bonds. The quantitative estimate of drug-likeness (QED) is 0.427. The lowest BCUT2D eigenvalue weighted by Crippen LogP contribution is -2.63. The Bertz CT molecular complexity index is 546. The Morgan fingerprint density at radius 1 is 0.778 bits per heavy atom. The fraction of sp³-hybridized carbons (Fsp3) is 0.765. The van der Waals surface area contributed by atoms with E-state index in [0.717, 1.165) is 13.8 Å². The Morgan fingerprint density at radius 3 is 1.78 bits per heavy atom. The maximum atomic E-state index is 11.6. The average Bonchev–Trinajstić information content (AvgIpc) is 2.54. The van der Waals surface area contributed by atoms with Crippen LogP contribution in [0.15, 0.2) is 0 Å². The van der Waals surface area contributed by atoms with Crippen LogP contribution in [0.2, 0.25) is 0 Å². The van der Waals surface area contributed by atoms with Crippen molar-refractivity contribution in [2.24, 2.45) is 0 Å². The molecule has 1 heterocycles. The second kappa shape index (κ2) is 10.8. The summed E-state index contributed by atoms with van der Waals surface area (Å²) in [5.74, 6) is -2.59. The number of ether oxygens (including phenoxy) is 6. The van der Waals surface area contributed by atoms with E-state index >= 15 is 0 Å². The Labute approximate surface area is 157 Å². The molecule has 0 saturated carbocycles. The maximum Gasteiger partial charge on any atom is 0.303 e. The van der Waals surface area contributed by atoms with Crippen molar-refractivity contribution in [1.29, 1.82) is 0 Å². The van der Waals surface area contributed by atoms with Gasteiger partial charge in [-0.3, -0.25) is 19.2 Å². The van der Waals surface area contributed by atoms with Crippen molar-refractivity contribution in [1.82, 2.24) is 0 Å². The first-order chi connectivity index (χ1) is 12.6. The number of carbonyl (C=O) groups excluding carboxylic acids is 4. The van der Waals surface area contributed by atoms with E-state index in [0.29, 0.717) is 6.42 Å². The molecular formula is C17H26O10. The molecular weight excluding hydrogens is 364 g/mol. The van der Waals surface area contributed by atoms with Crippen LogP contribution >= 0.6 is 0 Å². The van der Waals surface area contributed by atoms with Crippen molar-refractivity contribution < 1.29 is 47.6 Å². The molecule has 0 aromatic heterocycles. The minimum atomic E-state index is -1.20. The van der Waals surface area contributed by atoms with Gasteiger partial charge in [0.05, 0.1) is 0 Å². The van der Waals surface area contributed by atoms with Crippen LogP contribution < -0.4 is 0 Å². The van der Waals surface area contributed by atoms with Crippen molar-refractivity contribution in [2.75, 3.05) is 13.2 Å². The van der Waals surface area contributed by atoms with Crippen molar-refractivity contribution in [3.63, 3.8) is 0 Å². The summed E-state index contributed by atoms with van der Waals surface area (Å²) < 4.78 is 32.0. The van der Waals surface area contributed by atoms with Gasteiger partial charge in [-0.15, -0.1) is 0 Å². The number of rotatable bonds is 8. The molecule has 1 saturated heterocycles. The molecule has 1 aliphatic heterocycles. The molecule has 10 heteroatoms. The Balaban J connectivity index is 3.22. The van der Waals surface area contributed by atoms with Gasteiger partial charge in [-0.25, -0.2) is 0 Å². The molecule has 0 aromatic rings. The first-order valence-corrected chi connectivity index (χ1v) is 8.57. The Kier molecular flexibility index (Phi) is 9.16.